The van der Waals surface area contributed by atoms with E-state index in [0.717, 1.165) is 43.0 Å². The van der Waals surface area contributed by atoms with Crippen LogP contribution in [0.5, 0.6) is 0 Å². The highest BCUT2D eigenvalue weighted by Crippen LogP contribution is 2.18. The first kappa shape index (κ1) is 14.0. The van der Waals surface area contributed by atoms with Crippen molar-refractivity contribution < 1.29 is 9.53 Å². The quantitative estimate of drug-likeness (QED) is 0.843. The van der Waals surface area contributed by atoms with E-state index in [4.69, 9.17) is 4.74 Å². The maximum absolute atomic E-state index is 11.9. The Balaban J connectivity index is 1.83. The number of carbonyl (C=O) groups is 1. The van der Waals surface area contributed by atoms with Gasteiger partial charge in [-0.15, -0.1) is 0 Å². The average molecular weight is 266 g/mol. The first-order valence-electron chi connectivity index (χ1n) is 6.70. The minimum atomic E-state index is -0.113. The zero-order chi connectivity index (χ0) is 13.8. The zero-order valence-electron chi connectivity index (χ0n) is 11.8. The van der Waals surface area contributed by atoms with Gasteiger partial charge >= 0.3 is 0 Å². The van der Waals surface area contributed by atoms with E-state index in [9.17, 15) is 4.79 Å². The molecule has 1 aliphatic rings. The van der Waals surface area contributed by atoms with Crippen LogP contribution in [0, 0.1) is 13.8 Å². The Hall–Kier alpha value is -1.40. The van der Waals surface area contributed by atoms with E-state index in [-0.39, 0.29) is 18.6 Å². The lowest BCUT2D eigenvalue weighted by atomic mass is 10.1. The third-order valence-electron chi connectivity index (χ3n) is 3.51. The molecule has 106 valence electrons. The maximum atomic E-state index is 11.9. The van der Waals surface area contributed by atoms with E-state index in [0.29, 0.717) is 0 Å². The molecule has 1 fully saturated rings. The van der Waals surface area contributed by atoms with E-state index < -0.39 is 0 Å². The van der Waals surface area contributed by atoms with E-state index >= 15 is 0 Å². The van der Waals surface area contributed by atoms with E-state index in [1.807, 2.05) is 20.9 Å². The van der Waals surface area contributed by atoms with Crippen molar-refractivity contribution in [3.05, 3.63) is 11.4 Å². The second-order valence-electron chi connectivity index (χ2n) is 4.98. The summed E-state index contributed by atoms with van der Waals surface area (Å²) in [6.45, 7) is 5.86. The fraction of sp³-hybridized carbons (Fsp3) is 0.692. The summed E-state index contributed by atoms with van der Waals surface area (Å²) in [5, 5.41) is 10.4. The Labute approximate surface area is 113 Å². The summed E-state index contributed by atoms with van der Waals surface area (Å²) in [4.78, 5) is 11.9. The van der Waals surface area contributed by atoms with Crippen molar-refractivity contribution in [1.29, 1.82) is 0 Å². The highest BCUT2D eigenvalue weighted by molar-refractivity contribution is 5.92. The van der Waals surface area contributed by atoms with Crippen molar-refractivity contribution in [2.75, 3.05) is 25.0 Å². The molecule has 6 nitrogen and oxygen atoms in total. The smallest absolute Gasteiger partial charge is 0.250 e. The van der Waals surface area contributed by atoms with Crippen LogP contribution < -0.4 is 10.6 Å². The van der Waals surface area contributed by atoms with Crippen LogP contribution in [0.15, 0.2) is 0 Å². The molecule has 0 aliphatic carbocycles. The summed E-state index contributed by atoms with van der Waals surface area (Å²) >= 11 is 0. The first-order chi connectivity index (χ1) is 9.08. The molecule has 19 heavy (non-hydrogen) atoms. The zero-order valence-corrected chi connectivity index (χ0v) is 11.8. The van der Waals surface area contributed by atoms with Gasteiger partial charge in [0.15, 0.2) is 0 Å². The van der Waals surface area contributed by atoms with Gasteiger partial charge in [-0.2, -0.15) is 5.10 Å². The molecule has 1 aliphatic heterocycles. The number of amides is 1. The van der Waals surface area contributed by atoms with E-state index in [2.05, 4.69) is 15.7 Å². The number of ether oxygens (including phenoxy) is 1. The van der Waals surface area contributed by atoms with Crippen LogP contribution in [-0.2, 0) is 16.6 Å². The molecular formula is C13H22N4O2. The average Bonchev–Trinajstić information content (AvgIpc) is 2.64. The molecule has 0 saturated carbocycles. The predicted molar refractivity (Wildman–Crippen MR) is 73.2 cm³/mol. The topological polar surface area (TPSA) is 68.2 Å². The Kier molecular flexibility index (Phi) is 4.55. The number of piperidine rings is 1. The van der Waals surface area contributed by atoms with Crippen molar-refractivity contribution in [2.24, 2.45) is 7.05 Å². The number of nitrogens with one attached hydrogen (secondary N) is 2. The highest BCUT2D eigenvalue weighted by atomic mass is 16.5. The Morgan fingerprint density at radius 1 is 1.47 bits per heavy atom. The summed E-state index contributed by atoms with van der Waals surface area (Å²) in [5.41, 5.74) is 2.57. The number of anilines is 1. The molecule has 0 spiro atoms. The largest absolute Gasteiger partial charge is 0.368 e. The fourth-order valence-corrected chi connectivity index (χ4v) is 2.29. The van der Waals surface area contributed by atoms with Gasteiger partial charge in [0.2, 0.25) is 5.91 Å². The van der Waals surface area contributed by atoms with Crippen LogP contribution in [0.25, 0.3) is 0 Å². The summed E-state index contributed by atoms with van der Waals surface area (Å²) in [6.07, 6.45) is 2.14. The van der Waals surface area contributed by atoms with Gasteiger partial charge < -0.3 is 15.4 Å². The van der Waals surface area contributed by atoms with Gasteiger partial charge in [0, 0.05) is 7.05 Å². The van der Waals surface area contributed by atoms with E-state index in [1.165, 1.54) is 0 Å². The molecule has 0 atom stereocenters. The second-order valence-corrected chi connectivity index (χ2v) is 4.98. The molecule has 2 rings (SSSR count). The van der Waals surface area contributed by atoms with Gasteiger partial charge in [-0.3, -0.25) is 9.48 Å². The van der Waals surface area contributed by atoms with Crippen LogP contribution in [0.1, 0.15) is 24.2 Å². The van der Waals surface area contributed by atoms with Gasteiger partial charge in [0.05, 0.1) is 23.2 Å². The molecule has 1 amide bonds. The van der Waals surface area contributed by atoms with Gasteiger partial charge in [0.1, 0.15) is 6.61 Å². The van der Waals surface area contributed by atoms with Crippen LogP contribution in [0.3, 0.4) is 0 Å². The van der Waals surface area contributed by atoms with Crippen molar-refractivity contribution in [2.45, 2.75) is 32.8 Å². The number of aryl methyl sites for hydroxylation is 2. The van der Waals surface area contributed by atoms with Crippen LogP contribution in [0.2, 0.25) is 0 Å². The highest BCUT2D eigenvalue weighted by Gasteiger charge is 2.16. The van der Waals surface area contributed by atoms with Crippen molar-refractivity contribution >= 4 is 11.6 Å². The fourth-order valence-electron chi connectivity index (χ4n) is 2.29. The molecule has 6 heteroatoms. The van der Waals surface area contributed by atoms with Crippen molar-refractivity contribution in [1.82, 2.24) is 15.1 Å². The number of carbonyl (C=O) groups excluding carboxylic acids is 1. The predicted octanol–water partition coefficient (Wildman–Crippen LogP) is 0.744. The van der Waals surface area contributed by atoms with Crippen LogP contribution >= 0.6 is 0 Å². The molecule has 0 bridgehead atoms. The number of hydrogen-bond donors (Lipinski definition) is 2. The SMILES string of the molecule is Cc1nn(C)c(C)c1NC(=O)COC1CCNCC1. The minimum absolute atomic E-state index is 0.110. The van der Waals surface area contributed by atoms with Gasteiger partial charge in [-0.05, 0) is 39.8 Å². The third-order valence-corrected chi connectivity index (χ3v) is 3.51. The molecule has 0 radical (unpaired) electrons. The van der Waals surface area contributed by atoms with E-state index in [1.54, 1.807) is 4.68 Å². The lowest BCUT2D eigenvalue weighted by Gasteiger charge is -2.22. The minimum Gasteiger partial charge on any atom is -0.368 e. The standard InChI is InChI=1S/C13H22N4O2/c1-9-13(10(2)17(3)16-9)15-12(18)8-19-11-4-6-14-7-5-11/h11,14H,4-8H2,1-3H3,(H,15,18). The third kappa shape index (κ3) is 3.54. The second kappa shape index (κ2) is 6.16. The summed E-state index contributed by atoms with van der Waals surface area (Å²) < 4.78 is 7.39. The lowest BCUT2D eigenvalue weighted by Crippen LogP contribution is -2.34. The summed E-state index contributed by atoms with van der Waals surface area (Å²) in [5.74, 6) is -0.113. The molecule has 1 saturated heterocycles. The molecule has 2 N–H and O–H groups in total. The Morgan fingerprint density at radius 3 is 2.74 bits per heavy atom. The molecular weight excluding hydrogens is 244 g/mol. The number of aromatic nitrogens is 2. The van der Waals surface area contributed by atoms with Gasteiger partial charge in [-0.1, -0.05) is 0 Å². The van der Waals surface area contributed by atoms with Crippen molar-refractivity contribution in [3.63, 3.8) is 0 Å². The monoisotopic (exact) mass is 266 g/mol. The summed E-state index contributed by atoms with van der Waals surface area (Å²) in [7, 11) is 1.86. The molecule has 1 aromatic heterocycles. The molecule has 0 aromatic carbocycles. The van der Waals surface area contributed by atoms with Gasteiger partial charge in [-0.25, -0.2) is 0 Å². The van der Waals surface area contributed by atoms with Crippen LogP contribution in [-0.4, -0.2) is 41.5 Å². The normalized spacial score (nSPS) is 16.6. The van der Waals surface area contributed by atoms with Crippen LogP contribution in [0.4, 0.5) is 5.69 Å². The number of nitrogens with zero attached hydrogens (tertiary/aromatic N) is 2. The number of hydrogen-bond acceptors (Lipinski definition) is 4. The Morgan fingerprint density at radius 2 is 2.16 bits per heavy atom. The Bertz CT molecular complexity index is 450. The molecule has 1 aromatic rings. The molecule has 0 unspecified atom stereocenters. The summed E-state index contributed by atoms with van der Waals surface area (Å²) in [6, 6.07) is 0. The molecule has 2 heterocycles. The lowest BCUT2D eigenvalue weighted by molar-refractivity contribution is -0.123. The number of rotatable bonds is 4. The first-order valence-corrected chi connectivity index (χ1v) is 6.70. The maximum Gasteiger partial charge on any atom is 0.250 e. The van der Waals surface area contributed by atoms with Gasteiger partial charge in [0.25, 0.3) is 0 Å². The van der Waals surface area contributed by atoms with Crippen molar-refractivity contribution in [3.8, 4) is 0 Å².